The molecule has 40 heavy (non-hydrogen) atoms. The van der Waals surface area contributed by atoms with E-state index in [1.165, 1.54) is 19.3 Å². The molecule has 0 radical (unpaired) electrons. The van der Waals surface area contributed by atoms with Crippen molar-refractivity contribution in [2.45, 2.75) is 70.5 Å². The Labute approximate surface area is 234 Å². The highest BCUT2D eigenvalue weighted by atomic mass is 16.5. The van der Waals surface area contributed by atoms with Gasteiger partial charge in [-0.15, -0.1) is 0 Å². The van der Waals surface area contributed by atoms with Crippen molar-refractivity contribution < 1.29 is 19.7 Å². The number of aromatic nitrogens is 3. The molecule has 1 aromatic carbocycles. The number of hydrogen-bond donors (Lipinski definition) is 3. The van der Waals surface area contributed by atoms with Crippen LogP contribution in [0.25, 0.3) is 11.5 Å². The van der Waals surface area contributed by atoms with E-state index >= 15 is 0 Å². The second-order valence-corrected chi connectivity index (χ2v) is 11.3. The van der Waals surface area contributed by atoms with Crippen molar-refractivity contribution in [3.05, 3.63) is 59.4 Å². The van der Waals surface area contributed by atoms with Gasteiger partial charge < -0.3 is 24.8 Å². The van der Waals surface area contributed by atoms with Crippen LogP contribution in [0.4, 0.5) is 10.6 Å². The number of aliphatic hydroxyl groups is 2. The number of ether oxygens (including phenoxy) is 1. The van der Waals surface area contributed by atoms with Crippen LogP contribution < -0.4 is 15.0 Å². The third-order valence-corrected chi connectivity index (χ3v) is 8.58. The Hall–Kier alpha value is -3.47. The van der Waals surface area contributed by atoms with E-state index in [1.54, 1.807) is 11.1 Å². The van der Waals surface area contributed by atoms with Gasteiger partial charge in [-0.2, -0.15) is 0 Å². The molecule has 2 aliphatic heterocycles. The summed E-state index contributed by atoms with van der Waals surface area (Å²) in [5.41, 5.74) is 3.79. The lowest BCUT2D eigenvalue weighted by Gasteiger charge is -2.30. The van der Waals surface area contributed by atoms with Crippen molar-refractivity contribution in [3.63, 3.8) is 0 Å². The lowest BCUT2D eigenvalue weighted by molar-refractivity contribution is 0.102. The van der Waals surface area contributed by atoms with Crippen molar-refractivity contribution in [1.82, 2.24) is 24.8 Å². The second kappa shape index (κ2) is 11.2. The summed E-state index contributed by atoms with van der Waals surface area (Å²) in [5.74, 6) is 2.78. The van der Waals surface area contributed by atoms with Crippen molar-refractivity contribution in [2.75, 3.05) is 18.1 Å². The Kier molecular flexibility index (Phi) is 7.48. The van der Waals surface area contributed by atoms with Gasteiger partial charge in [0.1, 0.15) is 29.6 Å². The first kappa shape index (κ1) is 26.7. The van der Waals surface area contributed by atoms with Gasteiger partial charge in [0.15, 0.2) is 5.82 Å². The summed E-state index contributed by atoms with van der Waals surface area (Å²) >= 11 is 0. The monoisotopic (exact) mass is 546 g/mol. The van der Waals surface area contributed by atoms with Crippen LogP contribution in [0.5, 0.6) is 5.75 Å². The minimum absolute atomic E-state index is 0.0354. The molecule has 10 heteroatoms. The van der Waals surface area contributed by atoms with E-state index in [4.69, 9.17) is 9.72 Å². The highest BCUT2D eigenvalue weighted by Crippen LogP contribution is 2.36. The van der Waals surface area contributed by atoms with Crippen LogP contribution in [-0.2, 0) is 20.1 Å². The van der Waals surface area contributed by atoms with Crippen molar-refractivity contribution in [2.24, 2.45) is 13.0 Å². The van der Waals surface area contributed by atoms with E-state index in [0.29, 0.717) is 55.4 Å². The molecule has 2 fully saturated rings. The Bertz CT molecular complexity index is 1360. The Balaban J connectivity index is 1.16. The SMILES string of the molecule is C[C@H]1CCCC[C@@H]1Oc1ccc(CN2Cc3ccc(-c4ncc(N5CCC(O)NC5=O)n4C)nc3[C@H]2CO)cc1. The fourth-order valence-corrected chi connectivity index (χ4v) is 6.21. The van der Waals surface area contributed by atoms with E-state index in [0.717, 1.165) is 29.0 Å². The lowest BCUT2D eigenvalue weighted by atomic mass is 9.88. The van der Waals surface area contributed by atoms with Crippen molar-refractivity contribution >= 4 is 11.8 Å². The van der Waals surface area contributed by atoms with E-state index in [-0.39, 0.29) is 18.7 Å². The van der Waals surface area contributed by atoms with Gasteiger partial charge in [0.2, 0.25) is 0 Å². The summed E-state index contributed by atoms with van der Waals surface area (Å²) in [6, 6.07) is 11.8. The molecule has 1 unspecified atom stereocenters. The maximum absolute atomic E-state index is 12.4. The third kappa shape index (κ3) is 5.18. The van der Waals surface area contributed by atoms with Crippen molar-refractivity contribution in [3.8, 4) is 17.3 Å². The minimum Gasteiger partial charge on any atom is -0.490 e. The largest absolute Gasteiger partial charge is 0.490 e. The lowest BCUT2D eigenvalue weighted by Crippen LogP contribution is -2.52. The first-order valence-electron chi connectivity index (χ1n) is 14.3. The molecular weight excluding hydrogens is 508 g/mol. The van der Waals surface area contributed by atoms with E-state index < -0.39 is 6.23 Å². The number of pyridine rings is 1. The van der Waals surface area contributed by atoms with Gasteiger partial charge in [0.05, 0.1) is 24.5 Å². The molecule has 1 saturated heterocycles. The van der Waals surface area contributed by atoms with Gasteiger partial charge in [-0.25, -0.2) is 14.8 Å². The molecule has 1 saturated carbocycles. The highest BCUT2D eigenvalue weighted by Gasteiger charge is 2.33. The van der Waals surface area contributed by atoms with Gasteiger partial charge in [-0.05, 0) is 54.5 Å². The number of carbonyl (C=O) groups excluding carboxylic acids is 1. The average Bonchev–Trinajstić information content (AvgIpc) is 3.50. The molecule has 212 valence electrons. The smallest absolute Gasteiger partial charge is 0.325 e. The standard InChI is InChI=1S/C30H38N6O4/c1-19-5-3-4-6-25(19)40-22-10-7-20(8-11-22)16-35-17-21-9-12-23(32-28(21)24(35)18-37)29-31-15-27(34(29)2)36-14-13-26(38)33-30(36)39/h7-12,15,19,24-26,37-38H,3-6,13-14,16-18H2,1-2H3,(H,33,39)/t19-,24+,25-,26?/m0/s1. The number of nitrogens with zero attached hydrogens (tertiary/aromatic N) is 5. The molecule has 2 amide bonds. The highest BCUT2D eigenvalue weighted by molar-refractivity contribution is 5.92. The number of nitrogens with one attached hydrogen (secondary N) is 1. The van der Waals surface area contributed by atoms with Crippen LogP contribution >= 0.6 is 0 Å². The Morgan fingerprint density at radius 1 is 1.10 bits per heavy atom. The number of carbonyl (C=O) groups is 1. The van der Waals surface area contributed by atoms with Gasteiger partial charge in [-0.1, -0.05) is 31.5 Å². The normalized spacial score (nSPS) is 25.1. The predicted octanol–water partition coefficient (Wildman–Crippen LogP) is 3.73. The summed E-state index contributed by atoms with van der Waals surface area (Å²) in [7, 11) is 1.85. The Morgan fingerprint density at radius 3 is 2.65 bits per heavy atom. The fourth-order valence-electron chi connectivity index (χ4n) is 6.21. The molecule has 4 atom stereocenters. The van der Waals surface area contributed by atoms with Gasteiger partial charge in [0, 0.05) is 33.1 Å². The molecule has 3 aromatic rings. The van der Waals surface area contributed by atoms with Crippen LogP contribution in [0.2, 0.25) is 0 Å². The topological polar surface area (TPSA) is 116 Å². The minimum atomic E-state index is -0.829. The summed E-state index contributed by atoms with van der Waals surface area (Å²) in [6.45, 7) is 4.04. The number of fused-ring (bicyclic) bond motifs is 1. The maximum Gasteiger partial charge on any atom is 0.325 e. The molecule has 2 aromatic heterocycles. The first-order chi connectivity index (χ1) is 19.4. The van der Waals surface area contributed by atoms with Crippen LogP contribution in [-0.4, -0.2) is 61.2 Å². The number of imidazole rings is 1. The molecule has 6 rings (SSSR count). The van der Waals surface area contributed by atoms with Crippen LogP contribution in [0.1, 0.15) is 61.9 Å². The summed E-state index contributed by atoms with van der Waals surface area (Å²) in [6.07, 6.45) is 6.45. The van der Waals surface area contributed by atoms with Crippen LogP contribution in [0.15, 0.2) is 42.6 Å². The molecule has 1 aliphatic carbocycles. The molecule has 0 bridgehead atoms. The van der Waals surface area contributed by atoms with E-state index in [9.17, 15) is 15.0 Å². The number of amides is 2. The number of aliphatic hydroxyl groups excluding tert-OH is 2. The third-order valence-electron chi connectivity index (χ3n) is 8.58. The number of anilines is 1. The summed E-state index contributed by atoms with van der Waals surface area (Å²) < 4.78 is 8.13. The zero-order chi connectivity index (χ0) is 27.8. The van der Waals surface area contributed by atoms with Gasteiger partial charge >= 0.3 is 6.03 Å². The molecule has 4 heterocycles. The number of hydrogen-bond acceptors (Lipinski definition) is 7. The maximum atomic E-state index is 12.4. The van der Waals surface area contributed by atoms with Gasteiger partial charge in [-0.3, -0.25) is 9.80 Å². The zero-order valence-corrected chi connectivity index (χ0v) is 23.2. The average molecular weight is 547 g/mol. The quantitative estimate of drug-likeness (QED) is 0.414. The molecule has 3 aliphatic rings. The number of benzene rings is 1. The van der Waals surface area contributed by atoms with Crippen LogP contribution in [0.3, 0.4) is 0 Å². The molecule has 0 spiro atoms. The molecule has 10 nitrogen and oxygen atoms in total. The number of rotatable bonds is 7. The Morgan fingerprint density at radius 2 is 1.90 bits per heavy atom. The second-order valence-electron chi connectivity index (χ2n) is 11.3. The number of urea groups is 1. The van der Waals surface area contributed by atoms with E-state index in [2.05, 4.69) is 52.5 Å². The zero-order valence-electron chi connectivity index (χ0n) is 23.2. The summed E-state index contributed by atoms with van der Waals surface area (Å²) in [4.78, 5) is 25.7. The first-order valence-corrected chi connectivity index (χ1v) is 14.3. The van der Waals surface area contributed by atoms with E-state index in [1.807, 2.05) is 17.7 Å². The fraction of sp³-hybridized carbons (Fsp3) is 0.500. The molecule has 3 N–H and O–H groups in total. The van der Waals surface area contributed by atoms with Gasteiger partial charge in [0.25, 0.3) is 0 Å². The predicted molar refractivity (Wildman–Crippen MR) is 151 cm³/mol. The molecular formula is C30H38N6O4. The van der Waals surface area contributed by atoms with Crippen molar-refractivity contribution in [1.29, 1.82) is 0 Å². The van der Waals surface area contributed by atoms with Crippen LogP contribution in [0, 0.1) is 5.92 Å². The summed E-state index contributed by atoms with van der Waals surface area (Å²) in [5, 5.41) is 22.6.